The molecule has 0 aromatic rings. The standard InChI is InChI=1S/4C18H39N.H4O4Si/c4*1-2-3-4-5-6-7-8-9-10-11-12-13-14-15-16-17-18-19;1-5(2,3)4/h4*2-19H2,1H3;1-4H. The topological polar surface area (TPSA) is 185 Å². The Bertz CT molecular complexity index is 757. The summed E-state index contributed by atoms with van der Waals surface area (Å²) in [7, 11) is -4.61. The number of hydrogen-bond donors (Lipinski definition) is 8. The summed E-state index contributed by atoms with van der Waals surface area (Å²) < 4.78 is 0. The molecule has 0 aliphatic heterocycles. The highest BCUT2D eigenvalue weighted by Gasteiger charge is 2.22. The van der Waals surface area contributed by atoms with Crippen molar-refractivity contribution in [2.75, 3.05) is 26.2 Å². The maximum atomic E-state index is 7.33. The normalized spacial score (nSPS) is 11.1. The van der Waals surface area contributed by atoms with Gasteiger partial charge in [0.25, 0.3) is 0 Å². The van der Waals surface area contributed by atoms with Crippen LogP contribution in [0.4, 0.5) is 0 Å². The minimum absolute atomic E-state index is 0.873. The van der Waals surface area contributed by atoms with Crippen molar-refractivity contribution in [1.29, 1.82) is 0 Å². The molecule has 0 spiro atoms. The predicted molar refractivity (Wildman–Crippen MR) is 369 cm³/mol. The number of nitrogens with two attached hydrogens (primary N) is 4. The van der Waals surface area contributed by atoms with Gasteiger partial charge in [-0.25, -0.2) is 0 Å². The van der Waals surface area contributed by atoms with Gasteiger partial charge >= 0.3 is 9.05 Å². The van der Waals surface area contributed by atoms with Crippen molar-refractivity contribution >= 4 is 9.05 Å². The molecule has 0 atom stereocenters. The third kappa shape index (κ3) is 119. The first-order chi connectivity index (χ1) is 39.7. The molecule has 0 aliphatic rings. The van der Waals surface area contributed by atoms with E-state index in [4.69, 9.17) is 42.1 Å². The summed E-state index contributed by atoms with van der Waals surface area (Å²) in [6.07, 6.45) is 91.4. The Balaban J connectivity index is -0.000000308. The van der Waals surface area contributed by atoms with Crippen molar-refractivity contribution < 1.29 is 19.2 Å². The lowest BCUT2D eigenvalue weighted by Gasteiger charge is -2.03. The number of hydrogen-bond acceptors (Lipinski definition) is 8. The zero-order chi connectivity index (χ0) is 60.6. The summed E-state index contributed by atoms with van der Waals surface area (Å²) in [5, 5.41) is 0. The molecule has 81 heavy (non-hydrogen) atoms. The minimum atomic E-state index is -4.61. The Kier molecular flexibility index (Phi) is 101. The summed E-state index contributed by atoms with van der Waals surface area (Å²) in [5.41, 5.74) is 21.9. The summed E-state index contributed by atoms with van der Waals surface area (Å²) in [4.78, 5) is 29.3. The van der Waals surface area contributed by atoms with Gasteiger partial charge < -0.3 is 42.1 Å². The van der Waals surface area contributed by atoms with Gasteiger partial charge in [-0.05, 0) is 51.9 Å². The van der Waals surface area contributed by atoms with Crippen LogP contribution in [0.3, 0.4) is 0 Å². The predicted octanol–water partition coefficient (Wildman–Crippen LogP) is 22.2. The van der Waals surface area contributed by atoms with E-state index >= 15 is 0 Å². The molecule has 0 unspecified atom stereocenters. The van der Waals surface area contributed by atoms with Crippen LogP contribution in [0, 0.1) is 0 Å². The van der Waals surface area contributed by atoms with Gasteiger partial charge in [0.15, 0.2) is 0 Å². The molecule has 0 radical (unpaired) electrons. The second-order valence-corrected chi connectivity index (χ2v) is 26.2. The van der Waals surface area contributed by atoms with Crippen LogP contribution in [-0.2, 0) is 0 Å². The Labute approximate surface area is 513 Å². The second-order valence-electron chi connectivity index (χ2n) is 25.0. The van der Waals surface area contributed by atoms with E-state index in [1.54, 1.807) is 0 Å². The largest absolute Gasteiger partial charge is 0.668 e. The molecule has 0 saturated carbocycles. The Morgan fingerprint density at radius 3 is 0.272 bits per heavy atom. The van der Waals surface area contributed by atoms with E-state index in [9.17, 15) is 0 Å². The lowest BCUT2D eigenvalue weighted by atomic mass is 10.0. The minimum Gasteiger partial charge on any atom is -0.368 e. The molecule has 12 N–H and O–H groups in total. The molecule has 0 aromatic heterocycles. The fourth-order valence-corrected chi connectivity index (χ4v) is 10.8. The van der Waals surface area contributed by atoms with Gasteiger partial charge in [-0.2, -0.15) is 0 Å². The van der Waals surface area contributed by atoms with Gasteiger partial charge in [0.2, 0.25) is 0 Å². The molecule has 0 aliphatic carbocycles. The Hall–Kier alpha value is -0.103. The molecule has 8 nitrogen and oxygen atoms in total. The third-order valence-electron chi connectivity index (χ3n) is 16.2. The van der Waals surface area contributed by atoms with Gasteiger partial charge in [0, 0.05) is 0 Å². The van der Waals surface area contributed by atoms with Crippen LogP contribution in [0.5, 0.6) is 0 Å². The van der Waals surface area contributed by atoms with Crippen molar-refractivity contribution in [2.45, 2.75) is 439 Å². The molecule has 0 fully saturated rings. The van der Waals surface area contributed by atoms with E-state index in [0.717, 1.165) is 26.2 Å². The number of rotatable bonds is 64. The highest BCUT2D eigenvalue weighted by atomic mass is 28.4. The first-order valence-electron chi connectivity index (χ1n) is 37.4. The van der Waals surface area contributed by atoms with E-state index in [2.05, 4.69) is 27.7 Å². The lowest BCUT2D eigenvalue weighted by Crippen LogP contribution is -2.33. The van der Waals surface area contributed by atoms with E-state index in [-0.39, 0.29) is 0 Å². The van der Waals surface area contributed by atoms with Gasteiger partial charge in [0.1, 0.15) is 0 Å². The van der Waals surface area contributed by atoms with Crippen molar-refractivity contribution in [2.24, 2.45) is 22.9 Å². The fraction of sp³-hybridized carbons (Fsp3) is 1.00. The van der Waals surface area contributed by atoms with Crippen molar-refractivity contribution in [3.63, 3.8) is 0 Å². The zero-order valence-corrected chi connectivity index (χ0v) is 57.7. The first-order valence-corrected chi connectivity index (χ1v) is 39.1. The van der Waals surface area contributed by atoms with Crippen LogP contribution < -0.4 is 22.9 Å². The Morgan fingerprint density at radius 2 is 0.210 bits per heavy atom. The third-order valence-corrected chi connectivity index (χ3v) is 16.2. The quantitative estimate of drug-likeness (QED) is 0.0218. The molecule has 0 aromatic carbocycles. The summed E-state index contributed by atoms with van der Waals surface area (Å²) >= 11 is 0. The maximum absolute atomic E-state index is 7.33. The van der Waals surface area contributed by atoms with E-state index in [1.807, 2.05) is 0 Å². The van der Waals surface area contributed by atoms with Crippen LogP contribution in [0.2, 0.25) is 0 Å². The van der Waals surface area contributed by atoms with Gasteiger partial charge in [-0.15, -0.1) is 0 Å². The van der Waals surface area contributed by atoms with Crippen LogP contribution in [0.25, 0.3) is 0 Å². The fourth-order valence-electron chi connectivity index (χ4n) is 10.8. The van der Waals surface area contributed by atoms with E-state index < -0.39 is 9.05 Å². The highest BCUT2D eigenvalue weighted by molar-refractivity contribution is 6.46. The monoisotopic (exact) mass is 1170 g/mol. The number of unbranched alkanes of at least 4 members (excludes halogenated alkanes) is 60. The molecule has 0 rings (SSSR count). The molecule has 0 saturated heterocycles. The Morgan fingerprint density at radius 1 is 0.148 bits per heavy atom. The van der Waals surface area contributed by atoms with Gasteiger partial charge in [0.05, 0.1) is 0 Å². The SMILES string of the molecule is CCCCCCCCCCCCCCCCCCN.CCCCCCCCCCCCCCCCCCN.CCCCCCCCCCCCCCCCCCN.CCCCCCCCCCCCCCCCCCN.O[Si](O)(O)O. The summed E-state index contributed by atoms with van der Waals surface area (Å²) in [6.45, 7) is 12.7. The summed E-state index contributed by atoms with van der Waals surface area (Å²) in [5.74, 6) is 0. The smallest absolute Gasteiger partial charge is 0.368 e. The molecule has 0 amide bonds. The van der Waals surface area contributed by atoms with Crippen molar-refractivity contribution in [1.82, 2.24) is 0 Å². The van der Waals surface area contributed by atoms with Gasteiger partial charge in [-0.1, -0.05) is 413 Å². The van der Waals surface area contributed by atoms with E-state index in [0.29, 0.717) is 0 Å². The molecule has 496 valence electrons. The van der Waals surface area contributed by atoms with E-state index in [1.165, 1.54) is 411 Å². The molecule has 9 heteroatoms. The van der Waals surface area contributed by atoms with Crippen LogP contribution in [0.15, 0.2) is 0 Å². The lowest BCUT2D eigenvalue weighted by molar-refractivity contribution is 0.117. The average Bonchev–Trinajstić information content (AvgIpc) is 3.45. The van der Waals surface area contributed by atoms with Crippen LogP contribution in [0.1, 0.15) is 439 Å². The van der Waals surface area contributed by atoms with Crippen molar-refractivity contribution in [3.05, 3.63) is 0 Å². The second kappa shape index (κ2) is 91.1. The molecule has 0 bridgehead atoms. The molecular weight excluding hydrogens is 1010 g/mol. The highest BCUT2D eigenvalue weighted by Crippen LogP contribution is 2.18. The first kappa shape index (κ1) is 89.6. The summed E-state index contributed by atoms with van der Waals surface area (Å²) in [6, 6.07) is 0. The van der Waals surface area contributed by atoms with Gasteiger partial charge in [-0.3, -0.25) is 0 Å². The zero-order valence-electron chi connectivity index (χ0n) is 56.7. The van der Waals surface area contributed by atoms with Crippen LogP contribution >= 0.6 is 0 Å². The molecule has 0 heterocycles. The maximum Gasteiger partial charge on any atom is 0.668 e. The van der Waals surface area contributed by atoms with Crippen molar-refractivity contribution in [3.8, 4) is 0 Å². The average molecular weight is 1170 g/mol. The van der Waals surface area contributed by atoms with Crippen LogP contribution in [-0.4, -0.2) is 54.4 Å². The molecular formula is C72H160N4O4Si.